The van der Waals surface area contributed by atoms with Gasteiger partial charge in [0.05, 0.1) is 12.4 Å². The molecule has 162 valence electrons. The minimum absolute atomic E-state index is 0.135. The van der Waals surface area contributed by atoms with Gasteiger partial charge >= 0.3 is 0 Å². The summed E-state index contributed by atoms with van der Waals surface area (Å²) in [5.41, 5.74) is 4.54. The standard InChI is InChI=1S/C24H23N5O2S/c1-16-13-14-22(31-3)21(15-16)29-24(26-27-28-29)32-17(2)23(30)25-20-12-8-7-11-19(20)18-9-5-4-6-10-18/h4-15,17H,1-3H3,(H,25,30)/t17-/m0/s1. The van der Waals surface area contributed by atoms with Crippen LogP contribution in [-0.4, -0.2) is 38.5 Å². The van der Waals surface area contributed by atoms with E-state index in [1.165, 1.54) is 11.8 Å². The van der Waals surface area contributed by atoms with Crippen molar-refractivity contribution in [3.8, 4) is 22.6 Å². The van der Waals surface area contributed by atoms with Crippen LogP contribution in [-0.2, 0) is 4.79 Å². The highest BCUT2D eigenvalue weighted by atomic mass is 32.2. The molecule has 3 aromatic carbocycles. The predicted molar refractivity (Wildman–Crippen MR) is 126 cm³/mol. The minimum atomic E-state index is -0.431. The monoisotopic (exact) mass is 445 g/mol. The number of thioether (sulfide) groups is 1. The third-order valence-corrected chi connectivity index (χ3v) is 5.96. The number of rotatable bonds is 7. The van der Waals surface area contributed by atoms with Crippen LogP contribution >= 0.6 is 11.8 Å². The summed E-state index contributed by atoms with van der Waals surface area (Å²) < 4.78 is 7.06. The predicted octanol–water partition coefficient (Wildman–Crippen LogP) is 4.77. The Morgan fingerprint density at radius 1 is 1.06 bits per heavy atom. The number of anilines is 1. The van der Waals surface area contributed by atoms with Gasteiger partial charge in [0.25, 0.3) is 0 Å². The molecule has 7 nitrogen and oxygen atoms in total. The van der Waals surface area contributed by atoms with E-state index in [0.29, 0.717) is 10.9 Å². The lowest BCUT2D eigenvalue weighted by Crippen LogP contribution is -2.23. The summed E-state index contributed by atoms with van der Waals surface area (Å²) in [7, 11) is 1.60. The molecule has 0 aliphatic rings. The van der Waals surface area contributed by atoms with Crippen LogP contribution in [0.15, 0.2) is 78.0 Å². The van der Waals surface area contributed by atoms with Crippen molar-refractivity contribution in [2.24, 2.45) is 0 Å². The van der Waals surface area contributed by atoms with E-state index >= 15 is 0 Å². The first-order chi connectivity index (χ1) is 15.6. The van der Waals surface area contributed by atoms with E-state index in [0.717, 1.165) is 28.1 Å². The molecular formula is C24H23N5O2S. The van der Waals surface area contributed by atoms with E-state index in [4.69, 9.17) is 4.74 Å². The fourth-order valence-corrected chi connectivity index (χ4v) is 4.08. The van der Waals surface area contributed by atoms with Gasteiger partial charge in [-0.05, 0) is 53.6 Å². The smallest absolute Gasteiger partial charge is 0.237 e. The molecule has 0 spiro atoms. The first-order valence-corrected chi connectivity index (χ1v) is 11.0. The third kappa shape index (κ3) is 4.65. The van der Waals surface area contributed by atoms with Crippen molar-refractivity contribution < 1.29 is 9.53 Å². The number of hydrogen-bond donors (Lipinski definition) is 1. The molecule has 0 aliphatic heterocycles. The van der Waals surface area contributed by atoms with E-state index in [1.54, 1.807) is 11.8 Å². The molecule has 0 fully saturated rings. The van der Waals surface area contributed by atoms with Crippen LogP contribution in [0.4, 0.5) is 5.69 Å². The first-order valence-electron chi connectivity index (χ1n) is 10.1. The second-order valence-corrected chi connectivity index (χ2v) is 8.52. The van der Waals surface area contributed by atoms with Crippen LogP contribution in [0.1, 0.15) is 12.5 Å². The average Bonchev–Trinajstić information content (AvgIpc) is 3.27. The van der Waals surface area contributed by atoms with E-state index in [-0.39, 0.29) is 5.91 Å². The molecule has 0 saturated heterocycles. The topological polar surface area (TPSA) is 81.9 Å². The lowest BCUT2D eigenvalue weighted by atomic mass is 10.0. The number of carbonyl (C=O) groups excluding carboxylic acids is 1. The van der Waals surface area contributed by atoms with Crippen molar-refractivity contribution in [1.29, 1.82) is 0 Å². The SMILES string of the molecule is COc1ccc(C)cc1-n1nnnc1S[C@@H](C)C(=O)Nc1ccccc1-c1ccccc1. The van der Waals surface area contributed by atoms with Crippen LogP contribution < -0.4 is 10.1 Å². The number of tetrazole rings is 1. The zero-order chi connectivity index (χ0) is 22.5. The number of nitrogens with one attached hydrogen (secondary N) is 1. The van der Waals surface area contributed by atoms with Crippen molar-refractivity contribution in [2.75, 3.05) is 12.4 Å². The Morgan fingerprint density at radius 3 is 2.59 bits per heavy atom. The van der Waals surface area contributed by atoms with E-state index in [9.17, 15) is 4.79 Å². The Morgan fingerprint density at radius 2 is 1.81 bits per heavy atom. The molecular weight excluding hydrogens is 422 g/mol. The fourth-order valence-electron chi connectivity index (χ4n) is 3.28. The van der Waals surface area contributed by atoms with Gasteiger partial charge in [0.2, 0.25) is 11.1 Å². The van der Waals surface area contributed by atoms with Crippen LogP contribution in [0.5, 0.6) is 5.75 Å². The van der Waals surface area contributed by atoms with E-state index in [2.05, 4.69) is 20.8 Å². The zero-order valence-corrected chi connectivity index (χ0v) is 18.8. The summed E-state index contributed by atoms with van der Waals surface area (Å²) in [6, 6.07) is 23.5. The second-order valence-electron chi connectivity index (χ2n) is 7.21. The highest BCUT2D eigenvalue weighted by Gasteiger charge is 2.21. The lowest BCUT2D eigenvalue weighted by molar-refractivity contribution is -0.115. The maximum atomic E-state index is 13.0. The van der Waals surface area contributed by atoms with Gasteiger partial charge < -0.3 is 10.1 Å². The average molecular weight is 446 g/mol. The van der Waals surface area contributed by atoms with Gasteiger partial charge in [-0.15, -0.1) is 5.10 Å². The Kier molecular flexibility index (Phi) is 6.51. The molecule has 0 unspecified atom stereocenters. The van der Waals surface area contributed by atoms with Gasteiger partial charge in [0, 0.05) is 11.3 Å². The number of ether oxygens (including phenoxy) is 1. The summed E-state index contributed by atoms with van der Waals surface area (Å²) in [5, 5.41) is 15.2. The number of para-hydroxylation sites is 1. The maximum absolute atomic E-state index is 13.0. The summed E-state index contributed by atoms with van der Waals surface area (Å²) in [6.07, 6.45) is 0. The Labute approximate surface area is 190 Å². The summed E-state index contributed by atoms with van der Waals surface area (Å²) in [6.45, 7) is 3.82. The van der Waals surface area contributed by atoms with Gasteiger partial charge in [-0.25, -0.2) is 0 Å². The zero-order valence-electron chi connectivity index (χ0n) is 18.0. The molecule has 32 heavy (non-hydrogen) atoms. The molecule has 1 aromatic heterocycles. The largest absolute Gasteiger partial charge is 0.494 e. The Hall–Kier alpha value is -3.65. The summed E-state index contributed by atoms with van der Waals surface area (Å²) in [4.78, 5) is 13.0. The molecule has 1 heterocycles. The minimum Gasteiger partial charge on any atom is -0.494 e. The number of hydrogen-bond acceptors (Lipinski definition) is 6. The molecule has 0 saturated carbocycles. The maximum Gasteiger partial charge on any atom is 0.237 e. The summed E-state index contributed by atoms with van der Waals surface area (Å²) >= 11 is 1.29. The summed E-state index contributed by atoms with van der Waals surface area (Å²) in [5.74, 6) is 0.516. The third-order valence-electron chi connectivity index (χ3n) is 4.92. The van der Waals surface area contributed by atoms with Gasteiger partial charge in [0.1, 0.15) is 11.4 Å². The highest BCUT2D eigenvalue weighted by molar-refractivity contribution is 8.00. The van der Waals surface area contributed by atoms with Gasteiger partial charge in [0.15, 0.2) is 0 Å². The lowest BCUT2D eigenvalue weighted by Gasteiger charge is -2.15. The molecule has 0 radical (unpaired) electrons. The van der Waals surface area contributed by atoms with Crippen molar-refractivity contribution in [1.82, 2.24) is 20.2 Å². The molecule has 1 N–H and O–H groups in total. The van der Waals surface area contributed by atoms with Crippen LogP contribution in [0, 0.1) is 6.92 Å². The highest BCUT2D eigenvalue weighted by Crippen LogP contribution is 2.31. The second kappa shape index (κ2) is 9.65. The molecule has 4 aromatic rings. The van der Waals surface area contributed by atoms with Crippen molar-refractivity contribution >= 4 is 23.4 Å². The molecule has 0 aliphatic carbocycles. The van der Waals surface area contributed by atoms with Gasteiger partial charge in [-0.3, -0.25) is 4.79 Å². The number of methoxy groups -OCH3 is 1. The molecule has 1 atom stereocenters. The number of aryl methyl sites for hydroxylation is 1. The van der Waals surface area contributed by atoms with Gasteiger partial charge in [-0.2, -0.15) is 4.68 Å². The van der Waals surface area contributed by atoms with Crippen LogP contribution in [0.3, 0.4) is 0 Å². The van der Waals surface area contributed by atoms with Crippen molar-refractivity contribution in [3.63, 3.8) is 0 Å². The van der Waals surface area contributed by atoms with Crippen LogP contribution in [0.25, 0.3) is 16.8 Å². The van der Waals surface area contributed by atoms with Gasteiger partial charge in [-0.1, -0.05) is 66.4 Å². The Bertz CT molecular complexity index is 1230. The molecule has 0 bridgehead atoms. The number of aromatic nitrogens is 4. The van der Waals surface area contributed by atoms with E-state index < -0.39 is 5.25 Å². The van der Waals surface area contributed by atoms with Crippen molar-refractivity contribution in [2.45, 2.75) is 24.3 Å². The molecule has 4 rings (SSSR count). The number of carbonyl (C=O) groups is 1. The fraction of sp³-hybridized carbons (Fsp3) is 0.167. The van der Waals surface area contributed by atoms with Crippen molar-refractivity contribution in [3.05, 3.63) is 78.4 Å². The first kappa shape index (κ1) is 21.6. The Balaban J connectivity index is 1.54. The van der Waals surface area contributed by atoms with E-state index in [1.807, 2.05) is 86.6 Å². The number of benzene rings is 3. The van der Waals surface area contributed by atoms with Crippen LogP contribution in [0.2, 0.25) is 0 Å². The molecule has 1 amide bonds. The number of amides is 1. The quantitative estimate of drug-likeness (QED) is 0.413. The number of nitrogens with zero attached hydrogens (tertiary/aromatic N) is 4. The normalized spacial score (nSPS) is 11.7. The molecule has 8 heteroatoms.